The van der Waals surface area contributed by atoms with Gasteiger partial charge in [-0.3, -0.25) is 14.6 Å². The number of hydrogen-bond acceptors (Lipinski definition) is 5. The second kappa shape index (κ2) is 10.1. The van der Waals surface area contributed by atoms with Crippen LogP contribution in [0.4, 0.5) is 0 Å². The summed E-state index contributed by atoms with van der Waals surface area (Å²) in [5.74, 6) is -0.0259. The second-order valence-corrected chi connectivity index (χ2v) is 7.08. The molecule has 2 aromatic heterocycles. The van der Waals surface area contributed by atoms with E-state index in [0.717, 1.165) is 17.5 Å². The average molecular weight is 416 g/mol. The molecule has 0 bridgehead atoms. The molecule has 0 aliphatic rings. The van der Waals surface area contributed by atoms with Crippen LogP contribution in [-0.2, 0) is 24.8 Å². The molecule has 0 saturated carbocycles. The number of fused-ring (bicyclic) bond motifs is 1. The summed E-state index contributed by atoms with van der Waals surface area (Å²) < 4.78 is 1.30. The van der Waals surface area contributed by atoms with Crippen LogP contribution in [0.1, 0.15) is 11.3 Å². The summed E-state index contributed by atoms with van der Waals surface area (Å²) in [6.45, 7) is 1.85. The van der Waals surface area contributed by atoms with Crippen molar-refractivity contribution in [2.24, 2.45) is 7.05 Å². The SMILES string of the molecule is CN(C)CCN(Cc1cccnc1)C(=O)Cc1nn(C)c(=O)c2ccccc12.Cl. The molecule has 0 radical (unpaired) electrons. The molecule has 8 heteroatoms. The maximum absolute atomic E-state index is 13.1. The van der Waals surface area contributed by atoms with E-state index in [0.29, 0.717) is 24.2 Å². The third kappa shape index (κ3) is 5.62. The molecular weight excluding hydrogens is 390 g/mol. The Hall–Kier alpha value is -2.77. The van der Waals surface area contributed by atoms with Crippen molar-refractivity contribution in [3.8, 4) is 0 Å². The molecule has 0 N–H and O–H groups in total. The molecule has 3 rings (SSSR count). The van der Waals surface area contributed by atoms with Gasteiger partial charge in [0.25, 0.3) is 5.56 Å². The van der Waals surface area contributed by atoms with E-state index in [1.807, 2.05) is 54.2 Å². The van der Waals surface area contributed by atoms with Crippen LogP contribution in [0, 0.1) is 0 Å². The van der Waals surface area contributed by atoms with Crippen molar-refractivity contribution in [1.82, 2.24) is 24.6 Å². The van der Waals surface area contributed by atoms with Gasteiger partial charge in [-0.15, -0.1) is 12.4 Å². The van der Waals surface area contributed by atoms with Crippen molar-refractivity contribution in [3.63, 3.8) is 0 Å². The fraction of sp³-hybridized carbons (Fsp3) is 0.333. The third-order valence-corrected chi connectivity index (χ3v) is 4.62. The molecule has 3 aromatic rings. The van der Waals surface area contributed by atoms with Gasteiger partial charge in [0, 0.05) is 44.5 Å². The maximum Gasteiger partial charge on any atom is 0.274 e. The minimum Gasteiger partial charge on any atom is -0.337 e. The minimum absolute atomic E-state index is 0. The van der Waals surface area contributed by atoms with Gasteiger partial charge in [-0.05, 0) is 31.8 Å². The Morgan fingerprint density at radius 1 is 1.07 bits per heavy atom. The number of carbonyl (C=O) groups excluding carboxylic acids is 1. The average Bonchev–Trinajstić information content (AvgIpc) is 2.69. The van der Waals surface area contributed by atoms with Crippen LogP contribution in [0.25, 0.3) is 10.8 Å². The lowest BCUT2D eigenvalue weighted by Gasteiger charge is -2.24. The molecule has 0 unspecified atom stereocenters. The summed E-state index contributed by atoms with van der Waals surface area (Å²) in [6.07, 6.45) is 3.63. The molecule has 0 aliphatic carbocycles. The number of halogens is 1. The van der Waals surface area contributed by atoms with Gasteiger partial charge < -0.3 is 9.80 Å². The van der Waals surface area contributed by atoms with Gasteiger partial charge in [0.05, 0.1) is 17.5 Å². The highest BCUT2D eigenvalue weighted by atomic mass is 35.5. The van der Waals surface area contributed by atoms with E-state index in [1.54, 1.807) is 25.5 Å². The first-order chi connectivity index (χ1) is 13.5. The predicted octanol–water partition coefficient (Wildman–Crippen LogP) is 1.88. The van der Waals surface area contributed by atoms with Gasteiger partial charge in [0.15, 0.2) is 0 Å². The van der Waals surface area contributed by atoms with Crippen molar-refractivity contribution < 1.29 is 4.79 Å². The van der Waals surface area contributed by atoms with Crippen molar-refractivity contribution >= 4 is 29.1 Å². The zero-order valence-electron chi connectivity index (χ0n) is 16.9. The molecule has 1 aromatic carbocycles. The van der Waals surface area contributed by atoms with Crippen LogP contribution in [0.2, 0.25) is 0 Å². The molecule has 1 amide bonds. The van der Waals surface area contributed by atoms with E-state index < -0.39 is 0 Å². The lowest BCUT2D eigenvalue weighted by Crippen LogP contribution is -2.37. The van der Waals surface area contributed by atoms with Gasteiger partial charge in [-0.1, -0.05) is 24.3 Å². The smallest absolute Gasteiger partial charge is 0.274 e. The van der Waals surface area contributed by atoms with Crippen LogP contribution >= 0.6 is 12.4 Å². The molecular formula is C21H26ClN5O2. The fourth-order valence-corrected chi connectivity index (χ4v) is 3.09. The second-order valence-electron chi connectivity index (χ2n) is 7.08. The Morgan fingerprint density at radius 3 is 2.45 bits per heavy atom. The summed E-state index contributed by atoms with van der Waals surface area (Å²) >= 11 is 0. The molecule has 0 saturated heterocycles. The Kier molecular flexibility index (Phi) is 7.87. The highest BCUT2D eigenvalue weighted by Crippen LogP contribution is 2.15. The minimum atomic E-state index is -0.161. The van der Waals surface area contributed by atoms with Gasteiger partial charge in [-0.25, -0.2) is 4.68 Å². The van der Waals surface area contributed by atoms with Crippen LogP contribution in [0.15, 0.2) is 53.6 Å². The first kappa shape index (κ1) is 22.5. The Bertz CT molecular complexity index is 1020. The Morgan fingerprint density at radius 2 is 1.79 bits per heavy atom. The lowest BCUT2D eigenvalue weighted by molar-refractivity contribution is -0.131. The number of likely N-dealkylation sites (N-methyl/N-ethyl adjacent to an activating group) is 1. The first-order valence-electron chi connectivity index (χ1n) is 9.22. The largest absolute Gasteiger partial charge is 0.337 e. The number of aromatic nitrogens is 3. The number of pyridine rings is 1. The predicted molar refractivity (Wildman–Crippen MR) is 116 cm³/mol. The molecule has 0 atom stereocenters. The Balaban J connectivity index is 0.00000300. The molecule has 0 spiro atoms. The zero-order chi connectivity index (χ0) is 20.1. The molecule has 0 fully saturated rings. The van der Waals surface area contributed by atoms with E-state index >= 15 is 0 Å². The van der Waals surface area contributed by atoms with Crippen LogP contribution in [-0.4, -0.2) is 57.7 Å². The highest BCUT2D eigenvalue weighted by molar-refractivity contribution is 5.88. The van der Waals surface area contributed by atoms with Crippen molar-refractivity contribution in [2.45, 2.75) is 13.0 Å². The fourth-order valence-electron chi connectivity index (χ4n) is 3.09. The van der Waals surface area contributed by atoms with E-state index in [9.17, 15) is 9.59 Å². The van der Waals surface area contributed by atoms with Crippen molar-refractivity contribution in [2.75, 3.05) is 27.2 Å². The Labute approximate surface area is 176 Å². The van der Waals surface area contributed by atoms with Crippen LogP contribution in [0.5, 0.6) is 0 Å². The summed E-state index contributed by atoms with van der Waals surface area (Å²) in [6, 6.07) is 11.1. The topological polar surface area (TPSA) is 71.3 Å². The number of rotatable bonds is 7. The first-order valence-corrected chi connectivity index (χ1v) is 9.22. The van der Waals surface area contributed by atoms with E-state index in [2.05, 4.69) is 10.1 Å². The number of benzene rings is 1. The molecule has 154 valence electrons. The number of carbonyl (C=O) groups is 1. The monoisotopic (exact) mass is 415 g/mol. The number of aryl methyl sites for hydroxylation is 1. The summed E-state index contributed by atoms with van der Waals surface area (Å²) in [7, 11) is 5.58. The number of amides is 1. The van der Waals surface area contributed by atoms with Crippen LogP contribution in [0.3, 0.4) is 0 Å². The van der Waals surface area contributed by atoms with Crippen LogP contribution < -0.4 is 5.56 Å². The maximum atomic E-state index is 13.1. The zero-order valence-corrected chi connectivity index (χ0v) is 17.7. The van der Waals surface area contributed by atoms with E-state index in [4.69, 9.17) is 0 Å². The lowest BCUT2D eigenvalue weighted by atomic mass is 10.1. The summed E-state index contributed by atoms with van der Waals surface area (Å²) in [5.41, 5.74) is 1.43. The standard InChI is InChI=1S/C21H25N5O2.ClH/c1-24(2)11-12-26(15-16-7-6-10-22-14-16)20(27)13-19-17-8-4-5-9-18(17)21(28)25(3)23-19;/h4-10,14H,11-13,15H2,1-3H3;1H. The summed E-state index contributed by atoms with van der Waals surface area (Å²) in [4.78, 5) is 33.4. The normalized spacial score (nSPS) is 10.8. The third-order valence-electron chi connectivity index (χ3n) is 4.62. The van der Waals surface area contributed by atoms with E-state index in [1.165, 1.54) is 4.68 Å². The molecule has 7 nitrogen and oxygen atoms in total. The van der Waals surface area contributed by atoms with Gasteiger partial charge in [0.1, 0.15) is 0 Å². The van der Waals surface area contributed by atoms with Gasteiger partial charge in [-0.2, -0.15) is 5.10 Å². The highest BCUT2D eigenvalue weighted by Gasteiger charge is 2.18. The van der Waals surface area contributed by atoms with Gasteiger partial charge >= 0.3 is 0 Å². The molecule has 2 heterocycles. The summed E-state index contributed by atoms with van der Waals surface area (Å²) in [5, 5.41) is 5.67. The quantitative estimate of drug-likeness (QED) is 0.589. The van der Waals surface area contributed by atoms with Crippen molar-refractivity contribution in [1.29, 1.82) is 0 Å². The number of nitrogens with zero attached hydrogens (tertiary/aromatic N) is 5. The molecule has 0 aliphatic heterocycles. The van der Waals surface area contributed by atoms with E-state index in [-0.39, 0.29) is 30.3 Å². The van der Waals surface area contributed by atoms with Crippen molar-refractivity contribution in [3.05, 3.63) is 70.4 Å². The van der Waals surface area contributed by atoms with Gasteiger partial charge in [0.2, 0.25) is 5.91 Å². The number of hydrogen-bond donors (Lipinski definition) is 0. The molecule has 29 heavy (non-hydrogen) atoms.